The SMILES string of the molecule is O=C(O)c1ccc(S(=O)(=O)Nc2cccc(Cl)c2)cc1. The molecule has 104 valence electrons. The summed E-state index contributed by atoms with van der Waals surface area (Å²) in [4.78, 5) is 10.7. The van der Waals surface area contributed by atoms with Crippen molar-refractivity contribution < 1.29 is 18.3 Å². The first-order valence-electron chi connectivity index (χ1n) is 5.50. The summed E-state index contributed by atoms with van der Waals surface area (Å²) in [7, 11) is -3.77. The van der Waals surface area contributed by atoms with Crippen LogP contribution in [-0.2, 0) is 10.0 Å². The Balaban J connectivity index is 2.28. The van der Waals surface area contributed by atoms with Gasteiger partial charge in [0.25, 0.3) is 10.0 Å². The molecule has 0 saturated heterocycles. The van der Waals surface area contributed by atoms with Gasteiger partial charge in [-0.2, -0.15) is 0 Å². The van der Waals surface area contributed by atoms with Crippen LogP contribution in [0.2, 0.25) is 5.02 Å². The van der Waals surface area contributed by atoms with Crippen molar-refractivity contribution in [2.75, 3.05) is 4.72 Å². The number of sulfonamides is 1. The Bertz CT molecular complexity index is 741. The second-order valence-electron chi connectivity index (χ2n) is 3.95. The minimum Gasteiger partial charge on any atom is -0.478 e. The van der Waals surface area contributed by atoms with E-state index in [1.807, 2.05) is 0 Å². The van der Waals surface area contributed by atoms with E-state index in [0.29, 0.717) is 10.7 Å². The third kappa shape index (κ3) is 3.28. The molecule has 0 radical (unpaired) electrons. The lowest BCUT2D eigenvalue weighted by Gasteiger charge is -2.08. The highest BCUT2D eigenvalue weighted by Gasteiger charge is 2.15. The summed E-state index contributed by atoms with van der Waals surface area (Å²) in [6.07, 6.45) is 0. The van der Waals surface area contributed by atoms with Gasteiger partial charge in [0, 0.05) is 5.02 Å². The normalized spacial score (nSPS) is 11.1. The smallest absolute Gasteiger partial charge is 0.335 e. The number of nitrogens with one attached hydrogen (secondary N) is 1. The maximum atomic E-state index is 12.1. The van der Waals surface area contributed by atoms with Crippen LogP contribution in [0.1, 0.15) is 10.4 Å². The van der Waals surface area contributed by atoms with Gasteiger partial charge in [-0.25, -0.2) is 13.2 Å². The Morgan fingerprint density at radius 1 is 1.10 bits per heavy atom. The molecule has 5 nitrogen and oxygen atoms in total. The van der Waals surface area contributed by atoms with Crippen molar-refractivity contribution in [3.63, 3.8) is 0 Å². The van der Waals surface area contributed by atoms with Gasteiger partial charge in [0.2, 0.25) is 0 Å². The Labute approximate surface area is 120 Å². The van der Waals surface area contributed by atoms with E-state index in [4.69, 9.17) is 16.7 Å². The Kier molecular flexibility index (Phi) is 3.96. The molecule has 0 unspecified atom stereocenters. The van der Waals surface area contributed by atoms with E-state index in [9.17, 15) is 13.2 Å². The molecule has 0 bridgehead atoms. The van der Waals surface area contributed by atoms with Crippen LogP contribution in [0.5, 0.6) is 0 Å². The quantitative estimate of drug-likeness (QED) is 0.909. The lowest BCUT2D eigenvalue weighted by Crippen LogP contribution is -2.13. The Morgan fingerprint density at radius 2 is 1.75 bits per heavy atom. The number of rotatable bonds is 4. The number of hydrogen-bond acceptors (Lipinski definition) is 3. The highest BCUT2D eigenvalue weighted by Crippen LogP contribution is 2.19. The molecule has 0 aliphatic heterocycles. The number of anilines is 1. The molecule has 20 heavy (non-hydrogen) atoms. The van der Waals surface area contributed by atoms with E-state index in [-0.39, 0.29) is 10.5 Å². The van der Waals surface area contributed by atoms with Crippen LogP contribution in [0, 0.1) is 0 Å². The van der Waals surface area contributed by atoms with E-state index >= 15 is 0 Å². The number of aromatic carboxylic acids is 1. The monoisotopic (exact) mass is 311 g/mol. The van der Waals surface area contributed by atoms with Gasteiger partial charge in [-0.15, -0.1) is 0 Å². The number of halogens is 1. The fraction of sp³-hybridized carbons (Fsp3) is 0. The minimum atomic E-state index is -3.77. The van der Waals surface area contributed by atoms with Gasteiger partial charge < -0.3 is 5.11 Å². The van der Waals surface area contributed by atoms with Crippen LogP contribution in [0.3, 0.4) is 0 Å². The standard InChI is InChI=1S/C13H10ClNO4S/c14-10-2-1-3-11(8-10)15-20(18,19)12-6-4-9(5-7-12)13(16)17/h1-8,15H,(H,16,17). The van der Waals surface area contributed by atoms with Crippen molar-refractivity contribution in [2.24, 2.45) is 0 Å². The average Bonchev–Trinajstić information content (AvgIpc) is 2.38. The molecule has 0 fully saturated rings. The summed E-state index contributed by atoms with van der Waals surface area (Å²) in [6, 6.07) is 11.2. The summed E-state index contributed by atoms with van der Waals surface area (Å²) in [5.41, 5.74) is 0.353. The third-order valence-corrected chi connectivity index (χ3v) is 4.12. The van der Waals surface area contributed by atoms with Crippen molar-refractivity contribution >= 4 is 33.3 Å². The highest BCUT2D eigenvalue weighted by atomic mass is 35.5. The van der Waals surface area contributed by atoms with Crippen LogP contribution >= 0.6 is 11.6 Å². The first kappa shape index (κ1) is 14.4. The summed E-state index contributed by atoms with van der Waals surface area (Å²) < 4.78 is 26.5. The van der Waals surface area contributed by atoms with Crippen molar-refractivity contribution in [1.82, 2.24) is 0 Å². The zero-order valence-electron chi connectivity index (χ0n) is 10.1. The van der Waals surface area contributed by atoms with Gasteiger partial charge in [-0.3, -0.25) is 4.72 Å². The third-order valence-electron chi connectivity index (χ3n) is 2.49. The molecule has 2 N–H and O–H groups in total. The van der Waals surface area contributed by atoms with Gasteiger partial charge in [0.1, 0.15) is 0 Å². The molecule has 0 heterocycles. The van der Waals surface area contributed by atoms with Crippen LogP contribution in [0.15, 0.2) is 53.4 Å². The predicted molar refractivity (Wildman–Crippen MR) is 75.7 cm³/mol. The molecule has 2 aromatic rings. The molecule has 7 heteroatoms. The van der Waals surface area contributed by atoms with E-state index in [2.05, 4.69) is 4.72 Å². The minimum absolute atomic E-state index is 0.0201. The van der Waals surface area contributed by atoms with Crippen molar-refractivity contribution in [3.8, 4) is 0 Å². The maximum Gasteiger partial charge on any atom is 0.335 e. The molecule has 0 saturated carbocycles. The number of carboxylic acids is 1. The van der Waals surface area contributed by atoms with E-state index in [0.717, 1.165) is 0 Å². The zero-order chi connectivity index (χ0) is 14.8. The van der Waals surface area contributed by atoms with E-state index < -0.39 is 16.0 Å². The molecule has 0 aromatic heterocycles. The first-order chi connectivity index (χ1) is 9.38. The summed E-state index contributed by atoms with van der Waals surface area (Å²) in [5, 5.41) is 9.17. The van der Waals surface area contributed by atoms with Crippen LogP contribution in [0.25, 0.3) is 0 Å². The van der Waals surface area contributed by atoms with Crippen LogP contribution in [-0.4, -0.2) is 19.5 Å². The van der Waals surface area contributed by atoms with Gasteiger partial charge in [0.15, 0.2) is 0 Å². The van der Waals surface area contributed by atoms with Gasteiger partial charge in [-0.1, -0.05) is 17.7 Å². The highest BCUT2D eigenvalue weighted by molar-refractivity contribution is 7.92. The number of benzene rings is 2. The molecular formula is C13H10ClNO4S. The Morgan fingerprint density at radius 3 is 2.30 bits per heavy atom. The van der Waals surface area contributed by atoms with Crippen molar-refractivity contribution in [2.45, 2.75) is 4.90 Å². The summed E-state index contributed by atoms with van der Waals surface area (Å²) in [6.45, 7) is 0. The fourth-order valence-corrected chi connectivity index (χ4v) is 2.78. The van der Waals surface area contributed by atoms with Gasteiger partial charge in [-0.05, 0) is 42.5 Å². The second-order valence-corrected chi connectivity index (χ2v) is 6.06. The second kappa shape index (κ2) is 5.52. The lowest BCUT2D eigenvalue weighted by molar-refractivity contribution is 0.0697. The maximum absolute atomic E-state index is 12.1. The number of carboxylic acid groups (broad SMARTS) is 1. The summed E-state index contributed by atoms with van der Waals surface area (Å²) >= 11 is 5.78. The van der Waals surface area contributed by atoms with E-state index in [1.165, 1.54) is 30.3 Å². The van der Waals surface area contributed by atoms with Crippen LogP contribution in [0.4, 0.5) is 5.69 Å². The number of hydrogen-bond donors (Lipinski definition) is 2. The molecule has 0 aliphatic rings. The molecule has 0 amide bonds. The molecule has 0 spiro atoms. The molecule has 0 atom stereocenters. The molecular weight excluding hydrogens is 302 g/mol. The summed E-state index contributed by atoms with van der Waals surface area (Å²) in [5.74, 6) is -1.11. The van der Waals surface area contributed by atoms with Gasteiger partial charge in [0.05, 0.1) is 16.1 Å². The molecule has 2 aromatic carbocycles. The largest absolute Gasteiger partial charge is 0.478 e. The number of carbonyl (C=O) groups is 1. The molecule has 2 rings (SSSR count). The zero-order valence-corrected chi connectivity index (χ0v) is 11.6. The van der Waals surface area contributed by atoms with Gasteiger partial charge >= 0.3 is 5.97 Å². The topological polar surface area (TPSA) is 83.5 Å². The molecule has 0 aliphatic carbocycles. The first-order valence-corrected chi connectivity index (χ1v) is 7.36. The fourth-order valence-electron chi connectivity index (χ4n) is 1.54. The predicted octanol–water partition coefficient (Wildman–Crippen LogP) is 2.84. The van der Waals surface area contributed by atoms with E-state index in [1.54, 1.807) is 18.2 Å². The lowest BCUT2D eigenvalue weighted by atomic mass is 10.2. The Hall–Kier alpha value is -2.05. The van der Waals surface area contributed by atoms with Crippen molar-refractivity contribution in [3.05, 3.63) is 59.1 Å². The van der Waals surface area contributed by atoms with Crippen LogP contribution < -0.4 is 4.72 Å². The average molecular weight is 312 g/mol. The van der Waals surface area contributed by atoms with Crippen molar-refractivity contribution in [1.29, 1.82) is 0 Å².